The van der Waals surface area contributed by atoms with Gasteiger partial charge in [0.1, 0.15) is 0 Å². The summed E-state index contributed by atoms with van der Waals surface area (Å²) in [5.41, 5.74) is 2.64. The first kappa shape index (κ1) is 15.7. The molecule has 112 valence electrons. The van der Waals surface area contributed by atoms with E-state index in [1.54, 1.807) is 7.11 Å². The Hall–Kier alpha value is -1.64. The molecule has 0 amide bonds. The summed E-state index contributed by atoms with van der Waals surface area (Å²) in [7, 11) is 3.81. The van der Waals surface area contributed by atoms with Gasteiger partial charge in [-0.05, 0) is 37.4 Å². The van der Waals surface area contributed by atoms with Crippen LogP contribution in [-0.2, 0) is 11.2 Å². The third kappa shape index (κ3) is 4.69. The third-order valence-electron chi connectivity index (χ3n) is 3.94. The van der Waals surface area contributed by atoms with Crippen molar-refractivity contribution in [1.29, 1.82) is 0 Å². The van der Waals surface area contributed by atoms with Crippen molar-refractivity contribution in [2.75, 3.05) is 14.2 Å². The van der Waals surface area contributed by atoms with Crippen molar-refractivity contribution < 1.29 is 4.74 Å². The highest BCUT2D eigenvalue weighted by molar-refractivity contribution is 5.19. The van der Waals surface area contributed by atoms with E-state index >= 15 is 0 Å². The maximum Gasteiger partial charge on any atom is 0.0973 e. The summed E-state index contributed by atoms with van der Waals surface area (Å²) in [4.78, 5) is 0. The van der Waals surface area contributed by atoms with E-state index in [1.165, 1.54) is 11.1 Å². The number of hydrogen-bond donors (Lipinski definition) is 1. The predicted octanol–water partition coefficient (Wildman–Crippen LogP) is 3.99. The molecule has 0 heterocycles. The van der Waals surface area contributed by atoms with E-state index in [0.29, 0.717) is 6.04 Å². The Morgan fingerprint density at radius 3 is 2.14 bits per heavy atom. The molecule has 0 saturated heterocycles. The van der Waals surface area contributed by atoms with E-state index in [0.717, 1.165) is 19.3 Å². The Morgan fingerprint density at radius 2 is 1.57 bits per heavy atom. The van der Waals surface area contributed by atoms with Crippen LogP contribution in [0.5, 0.6) is 0 Å². The number of rotatable bonds is 8. The van der Waals surface area contributed by atoms with Gasteiger partial charge >= 0.3 is 0 Å². The van der Waals surface area contributed by atoms with Crippen LogP contribution in [0.25, 0.3) is 0 Å². The van der Waals surface area contributed by atoms with Gasteiger partial charge in [0, 0.05) is 13.2 Å². The van der Waals surface area contributed by atoms with Crippen molar-refractivity contribution in [2.45, 2.75) is 31.4 Å². The number of ether oxygens (including phenoxy) is 1. The Morgan fingerprint density at radius 1 is 0.952 bits per heavy atom. The van der Waals surface area contributed by atoms with Gasteiger partial charge in [0.2, 0.25) is 0 Å². The van der Waals surface area contributed by atoms with Crippen molar-refractivity contribution in [3.63, 3.8) is 0 Å². The second kappa shape index (κ2) is 8.60. The molecule has 0 saturated carbocycles. The maximum atomic E-state index is 5.73. The minimum Gasteiger partial charge on any atom is -0.375 e. The fourth-order valence-electron chi connectivity index (χ4n) is 2.79. The molecule has 2 heteroatoms. The lowest BCUT2D eigenvalue weighted by Crippen LogP contribution is -2.33. The zero-order chi connectivity index (χ0) is 14.9. The lowest BCUT2D eigenvalue weighted by molar-refractivity contribution is 0.0668. The zero-order valence-electron chi connectivity index (χ0n) is 13.0. The molecule has 2 aromatic rings. The van der Waals surface area contributed by atoms with Crippen LogP contribution in [0.4, 0.5) is 0 Å². The fraction of sp³-hybridized carbons (Fsp3) is 0.368. The van der Waals surface area contributed by atoms with Crippen molar-refractivity contribution in [1.82, 2.24) is 5.32 Å². The predicted molar refractivity (Wildman–Crippen MR) is 88.4 cm³/mol. The van der Waals surface area contributed by atoms with Crippen LogP contribution in [0, 0.1) is 0 Å². The molecule has 2 atom stereocenters. The normalized spacial score (nSPS) is 13.8. The van der Waals surface area contributed by atoms with Gasteiger partial charge in [-0.15, -0.1) is 0 Å². The third-order valence-corrected chi connectivity index (χ3v) is 3.94. The molecule has 0 aliphatic carbocycles. The highest BCUT2D eigenvalue weighted by Gasteiger charge is 2.20. The molecule has 0 radical (unpaired) electrons. The Bertz CT molecular complexity index is 497. The van der Waals surface area contributed by atoms with Crippen LogP contribution in [0.3, 0.4) is 0 Å². The van der Waals surface area contributed by atoms with Crippen molar-refractivity contribution in [3.8, 4) is 0 Å². The van der Waals surface area contributed by atoms with Gasteiger partial charge in [0.05, 0.1) is 6.10 Å². The van der Waals surface area contributed by atoms with E-state index in [-0.39, 0.29) is 6.10 Å². The van der Waals surface area contributed by atoms with Crippen LogP contribution in [0.1, 0.15) is 30.1 Å². The van der Waals surface area contributed by atoms with Crippen LogP contribution in [0.15, 0.2) is 60.7 Å². The molecule has 2 rings (SSSR count). The summed E-state index contributed by atoms with van der Waals surface area (Å²) in [6.45, 7) is 0. The van der Waals surface area contributed by atoms with Crippen molar-refractivity contribution in [2.24, 2.45) is 0 Å². The molecule has 0 aliphatic heterocycles. The summed E-state index contributed by atoms with van der Waals surface area (Å²) in [5, 5.41) is 3.41. The number of methoxy groups -OCH3 is 1. The molecular formula is C19H25NO. The lowest BCUT2D eigenvalue weighted by Gasteiger charge is -2.26. The van der Waals surface area contributed by atoms with Gasteiger partial charge in [-0.1, -0.05) is 60.7 Å². The molecule has 0 aromatic heterocycles. The second-order valence-corrected chi connectivity index (χ2v) is 5.34. The minimum absolute atomic E-state index is 0.104. The molecule has 2 aromatic carbocycles. The van der Waals surface area contributed by atoms with E-state index in [9.17, 15) is 0 Å². The van der Waals surface area contributed by atoms with Gasteiger partial charge in [-0.25, -0.2) is 0 Å². The van der Waals surface area contributed by atoms with Gasteiger partial charge in [-0.3, -0.25) is 0 Å². The van der Waals surface area contributed by atoms with E-state index in [2.05, 4.69) is 59.9 Å². The summed E-state index contributed by atoms with van der Waals surface area (Å²) in [6, 6.07) is 21.4. The van der Waals surface area contributed by atoms with Crippen LogP contribution < -0.4 is 5.32 Å². The number of hydrogen-bond acceptors (Lipinski definition) is 2. The molecule has 2 unspecified atom stereocenters. The number of benzene rings is 2. The molecule has 0 bridgehead atoms. The molecule has 21 heavy (non-hydrogen) atoms. The highest BCUT2D eigenvalue weighted by atomic mass is 16.5. The average Bonchev–Trinajstić information content (AvgIpc) is 2.56. The van der Waals surface area contributed by atoms with Gasteiger partial charge < -0.3 is 10.1 Å². The second-order valence-electron chi connectivity index (χ2n) is 5.34. The quantitative estimate of drug-likeness (QED) is 0.791. The largest absolute Gasteiger partial charge is 0.375 e. The maximum absolute atomic E-state index is 5.73. The van der Waals surface area contributed by atoms with Crippen molar-refractivity contribution >= 4 is 0 Å². The minimum atomic E-state index is 0.104. The fourth-order valence-corrected chi connectivity index (χ4v) is 2.79. The lowest BCUT2D eigenvalue weighted by atomic mass is 9.96. The number of likely N-dealkylation sites (N-methyl/N-ethyl adjacent to an activating group) is 1. The van der Waals surface area contributed by atoms with Crippen LogP contribution >= 0.6 is 0 Å². The zero-order valence-corrected chi connectivity index (χ0v) is 13.0. The van der Waals surface area contributed by atoms with E-state index in [4.69, 9.17) is 4.74 Å². The highest BCUT2D eigenvalue weighted by Crippen LogP contribution is 2.23. The van der Waals surface area contributed by atoms with Gasteiger partial charge in [0.15, 0.2) is 0 Å². The Kier molecular flexibility index (Phi) is 6.45. The number of nitrogens with one attached hydrogen (secondary N) is 1. The summed E-state index contributed by atoms with van der Waals surface area (Å²) < 4.78 is 5.73. The standard InChI is InChI=1S/C19H25NO/c1-20-18(15-9-12-16-10-5-3-6-11-16)19(21-2)17-13-7-4-8-14-17/h3-8,10-11,13-14,18-20H,9,12,15H2,1-2H3. The molecule has 2 nitrogen and oxygen atoms in total. The Balaban J connectivity index is 1.92. The first-order valence-corrected chi connectivity index (χ1v) is 7.64. The average molecular weight is 283 g/mol. The van der Waals surface area contributed by atoms with E-state index < -0.39 is 0 Å². The summed E-state index contributed by atoms with van der Waals surface area (Å²) in [6.07, 6.45) is 3.47. The molecule has 0 aliphatic rings. The Labute approximate surface area is 128 Å². The summed E-state index contributed by atoms with van der Waals surface area (Å²) >= 11 is 0. The van der Waals surface area contributed by atoms with Crippen LogP contribution in [-0.4, -0.2) is 20.2 Å². The SMILES string of the molecule is CNC(CCCc1ccccc1)C(OC)c1ccccc1. The first-order valence-electron chi connectivity index (χ1n) is 7.64. The number of aryl methyl sites for hydroxylation is 1. The summed E-state index contributed by atoms with van der Waals surface area (Å²) in [5.74, 6) is 0. The van der Waals surface area contributed by atoms with E-state index in [1.807, 2.05) is 13.1 Å². The topological polar surface area (TPSA) is 21.3 Å². The van der Waals surface area contributed by atoms with Gasteiger partial charge in [0.25, 0.3) is 0 Å². The molecule has 1 N–H and O–H groups in total. The van der Waals surface area contributed by atoms with Crippen molar-refractivity contribution in [3.05, 3.63) is 71.8 Å². The molecule has 0 spiro atoms. The first-order chi connectivity index (χ1) is 10.3. The molecule has 0 fully saturated rings. The van der Waals surface area contributed by atoms with Crippen LogP contribution in [0.2, 0.25) is 0 Å². The smallest absolute Gasteiger partial charge is 0.0973 e. The van der Waals surface area contributed by atoms with Gasteiger partial charge in [-0.2, -0.15) is 0 Å². The molecular weight excluding hydrogens is 258 g/mol. The monoisotopic (exact) mass is 283 g/mol.